The average Bonchev–Trinajstić information content (AvgIpc) is 2.55. The molecule has 3 rings (SSSR count). The van der Waals surface area contributed by atoms with Crippen LogP contribution < -0.4 is 5.32 Å². The number of piperidine rings is 1. The Hall–Kier alpha value is -1.93. The summed E-state index contributed by atoms with van der Waals surface area (Å²) in [5.41, 5.74) is 2.51. The molecule has 0 radical (unpaired) electrons. The third-order valence-electron chi connectivity index (χ3n) is 4.75. The summed E-state index contributed by atoms with van der Waals surface area (Å²) in [7, 11) is 0. The van der Waals surface area contributed by atoms with Crippen LogP contribution in [-0.2, 0) is 4.79 Å². The van der Waals surface area contributed by atoms with E-state index in [4.69, 9.17) is 0 Å². The summed E-state index contributed by atoms with van der Waals surface area (Å²) >= 11 is 0. The molecule has 3 atom stereocenters. The van der Waals surface area contributed by atoms with E-state index in [9.17, 15) is 4.79 Å². The SMILES string of the molecule is CC(C)[C@@H]1C(=O)C[C@@H](c2ccccc2)[NH2+][C@@H]1c1ccccc1. The highest BCUT2D eigenvalue weighted by Gasteiger charge is 2.42. The quantitative estimate of drug-likeness (QED) is 0.926. The van der Waals surface area contributed by atoms with E-state index in [1.54, 1.807) is 0 Å². The number of ketones is 1. The van der Waals surface area contributed by atoms with Crippen LogP contribution in [0.1, 0.15) is 43.5 Å². The zero-order chi connectivity index (χ0) is 15.5. The van der Waals surface area contributed by atoms with E-state index >= 15 is 0 Å². The van der Waals surface area contributed by atoms with Gasteiger partial charge in [0.15, 0.2) is 0 Å². The van der Waals surface area contributed by atoms with Crippen LogP contribution in [0.3, 0.4) is 0 Å². The van der Waals surface area contributed by atoms with Crippen LogP contribution in [0.15, 0.2) is 60.7 Å². The lowest BCUT2D eigenvalue weighted by Gasteiger charge is -2.35. The summed E-state index contributed by atoms with van der Waals surface area (Å²) in [6.07, 6.45) is 0.635. The van der Waals surface area contributed by atoms with Gasteiger partial charge < -0.3 is 5.32 Å². The lowest BCUT2D eigenvalue weighted by Crippen LogP contribution is -2.90. The van der Waals surface area contributed by atoms with Gasteiger partial charge in [-0.15, -0.1) is 0 Å². The van der Waals surface area contributed by atoms with Crippen LogP contribution in [0.25, 0.3) is 0 Å². The highest BCUT2D eigenvalue weighted by molar-refractivity contribution is 5.83. The van der Waals surface area contributed by atoms with Crippen molar-refractivity contribution in [3.8, 4) is 0 Å². The second-order valence-electron chi connectivity index (χ2n) is 6.59. The normalized spacial score (nSPS) is 25.4. The number of hydrogen-bond donors (Lipinski definition) is 1. The molecule has 1 aliphatic rings. The molecule has 0 unspecified atom stereocenters. The van der Waals surface area contributed by atoms with Crippen molar-refractivity contribution in [3.63, 3.8) is 0 Å². The highest BCUT2D eigenvalue weighted by Crippen LogP contribution is 2.33. The molecule has 114 valence electrons. The second-order valence-corrected chi connectivity index (χ2v) is 6.59. The summed E-state index contributed by atoms with van der Waals surface area (Å²) in [4.78, 5) is 12.8. The van der Waals surface area contributed by atoms with E-state index in [2.05, 4.69) is 67.7 Å². The maximum atomic E-state index is 12.8. The molecule has 0 aromatic heterocycles. The molecule has 2 aromatic carbocycles. The number of Topliss-reactive ketones (excluding diaryl/α,β-unsaturated/α-hetero) is 1. The molecule has 1 saturated heterocycles. The maximum Gasteiger partial charge on any atom is 0.148 e. The minimum absolute atomic E-state index is 0.0994. The molecule has 2 heteroatoms. The molecule has 2 aromatic rings. The van der Waals surface area contributed by atoms with Crippen molar-refractivity contribution in [1.29, 1.82) is 0 Å². The van der Waals surface area contributed by atoms with E-state index in [0.717, 1.165) is 0 Å². The zero-order valence-electron chi connectivity index (χ0n) is 13.3. The van der Waals surface area contributed by atoms with Crippen molar-refractivity contribution < 1.29 is 10.1 Å². The average molecular weight is 294 g/mol. The summed E-state index contributed by atoms with van der Waals surface area (Å²) in [5, 5.41) is 2.40. The van der Waals surface area contributed by atoms with Gasteiger partial charge >= 0.3 is 0 Å². The minimum atomic E-state index is 0.0994. The molecule has 1 fully saturated rings. The van der Waals surface area contributed by atoms with Crippen molar-refractivity contribution in [2.24, 2.45) is 11.8 Å². The fraction of sp³-hybridized carbons (Fsp3) is 0.350. The molecule has 2 N–H and O–H groups in total. The predicted molar refractivity (Wildman–Crippen MR) is 88.2 cm³/mol. The minimum Gasteiger partial charge on any atom is -0.333 e. The standard InChI is InChI=1S/C20H23NO/c1-14(2)19-18(22)13-17(15-9-5-3-6-10-15)21-20(19)16-11-7-4-8-12-16/h3-12,14,17,19-21H,13H2,1-2H3/p+1/t17-,19+,20+/m0/s1. The topological polar surface area (TPSA) is 33.7 Å². The van der Waals surface area contributed by atoms with Gasteiger partial charge in [0.1, 0.15) is 17.9 Å². The Morgan fingerprint density at radius 3 is 2.00 bits per heavy atom. The fourth-order valence-electron chi connectivity index (χ4n) is 3.70. The Labute approximate surface area is 132 Å². The first-order valence-corrected chi connectivity index (χ1v) is 8.14. The zero-order valence-corrected chi connectivity index (χ0v) is 13.3. The van der Waals surface area contributed by atoms with Crippen molar-refractivity contribution in [3.05, 3.63) is 71.8 Å². The Morgan fingerprint density at radius 1 is 0.909 bits per heavy atom. The third-order valence-corrected chi connectivity index (χ3v) is 4.75. The van der Waals surface area contributed by atoms with Crippen LogP contribution in [-0.4, -0.2) is 5.78 Å². The number of rotatable bonds is 3. The van der Waals surface area contributed by atoms with Crippen molar-refractivity contribution in [1.82, 2.24) is 0 Å². The Kier molecular flexibility index (Phi) is 4.39. The number of carbonyl (C=O) groups is 1. The maximum absolute atomic E-state index is 12.8. The largest absolute Gasteiger partial charge is 0.333 e. The highest BCUT2D eigenvalue weighted by atomic mass is 16.1. The van der Waals surface area contributed by atoms with Gasteiger partial charge in [0, 0.05) is 11.1 Å². The number of carbonyl (C=O) groups excluding carboxylic acids is 1. The third kappa shape index (κ3) is 2.97. The van der Waals surface area contributed by atoms with E-state index in [0.29, 0.717) is 18.1 Å². The Morgan fingerprint density at radius 2 is 1.45 bits per heavy atom. The monoisotopic (exact) mass is 294 g/mol. The first kappa shape index (κ1) is 15.0. The number of quaternary nitrogens is 1. The van der Waals surface area contributed by atoms with E-state index in [-0.39, 0.29) is 18.0 Å². The predicted octanol–water partition coefficient (Wildman–Crippen LogP) is 3.28. The van der Waals surface area contributed by atoms with Gasteiger partial charge in [0.25, 0.3) is 0 Å². The van der Waals surface area contributed by atoms with E-state index in [1.807, 2.05) is 12.1 Å². The summed E-state index contributed by atoms with van der Waals surface area (Å²) < 4.78 is 0. The van der Waals surface area contributed by atoms with Crippen molar-refractivity contribution in [2.45, 2.75) is 32.4 Å². The lowest BCUT2D eigenvalue weighted by atomic mass is 9.75. The second kappa shape index (κ2) is 6.45. The molecular weight excluding hydrogens is 270 g/mol. The summed E-state index contributed by atoms with van der Waals surface area (Å²) in [5.74, 6) is 0.869. The fourth-order valence-corrected chi connectivity index (χ4v) is 3.70. The van der Waals surface area contributed by atoms with Crippen molar-refractivity contribution in [2.75, 3.05) is 0 Å². The lowest BCUT2D eigenvalue weighted by molar-refractivity contribution is -0.744. The molecule has 22 heavy (non-hydrogen) atoms. The van der Waals surface area contributed by atoms with E-state index < -0.39 is 0 Å². The molecule has 2 nitrogen and oxygen atoms in total. The van der Waals surface area contributed by atoms with Crippen LogP contribution in [0, 0.1) is 11.8 Å². The van der Waals surface area contributed by atoms with Gasteiger partial charge in [0.2, 0.25) is 0 Å². The van der Waals surface area contributed by atoms with Crippen LogP contribution in [0.2, 0.25) is 0 Å². The number of hydrogen-bond acceptors (Lipinski definition) is 1. The Balaban J connectivity index is 1.94. The van der Waals surface area contributed by atoms with Gasteiger partial charge in [-0.05, 0) is 5.92 Å². The Bertz CT molecular complexity index is 621. The van der Waals surface area contributed by atoms with E-state index in [1.165, 1.54) is 11.1 Å². The smallest absolute Gasteiger partial charge is 0.148 e. The van der Waals surface area contributed by atoms with Gasteiger partial charge in [-0.2, -0.15) is 0 Å². The van der Waals surface area contributed by atoms with Crippen molar-refractivity contribution >= 4 is 5.78 Å². The summed E-state index contributed by atoms with van der Waals surface area (Å²) in [6.45, 7) is 4.32. The molecule has 1 aliphatic heterocycles. The van der Waals surface area contributed by atoms with Crippen LogP contribution in [0.4, 0.5) is 0 Å². The van der Waals surface area contributed by atoms with Crippen LogP contribution in [0.5, 0.6) is 0 Å². The van der Waals surface area contributed by atoms with Gasteiger partial charge in [0.05, 0.1) is 12.3 Å². The molecule has 0 amide bonds. The number of benzene rings is 2. The molecular formula is C20H24NO+. The van der Waals surface area contributed by atoms with Crippen LogP contribution >= 0.6 is 0 Å². The number of nitrogens with two attached hydrogens (primary N) is 1. The van der Waals surface area contributed by atoms with Gasteiger partial charge in [-0.25, -0.2) is 0 Å². The van der Waals surface area contributed by atoms with Gasteiger partial charge in [-0.3, -0.25) is 4.79 Å². The van der Waals surface area contributed by atoms with Gasteiger partial charge in [-0.1, -0.05) is 74.5 Å². The molecule has 0 bridgehead atoms. The molecule has 0 aliphatic carbocycles. The first-order valence-electron chi connectivity index (χ1n) is 8.14. The summed E-state index contributed by atoms with van der Waals surface area (Å²) in [6, 6.07) is 21.3. The molecule has 1 heterocycles. The first-order chi connectivity index (χ1) is 10.7. The molecule has 0 saturated carbocycles. The molecule has 0 spiro atoms.